The van der Waals surface area contributed by atoms with Gasteiger partial charge in [0.05, 0.1) is 27.3 Å². The predicted octanol–water partition coefficient (Wildman–Crippen LogP) is 5.23. The third-order valence-corrected chi connectivity index (χ3v) is 12.1. The Hall–Kier alpha value is -2.59. The van der Waals surface area contributed by atoms with E-state index in [1.165, 1.54) is 0 Å². The monoisotopic (exact) mass is 671 g/mol. The van der Waals surface area contributed by atoms with Crippen LogP contribution in [0.5, 0.6) is 0 Å². The summed E-state index contributed by atoms with van der Waals surface area (Å²) in [5.74, 6) is -1.94. The first-order valence-electron chi connectivity index (χ1n) is 14.1. The Morgan fingerprint density at radius 3 is 2.45 bits per heavy atom. The fourth-order valence-corrected chi connectivity index (χ4v) is 10.9. The van der Waals surface area contributed by atoms with Crippen molar-refractivity contribution in [1.29, 1.82) is 0 Å². The Morgan fingerprint density at radius 1 is 1.12 bits per heavy atom. The highest BCUT2D eigenvalue weighted by molar-refractivity contribution is 9.09. The van der Waals surface area contributed by atoms with Crippen molar-refractivity contribution in [1.82, 2.24) is 4.90 Å². The zero-order valence-corrected chi connectivity index (χ0v) is 26.7. The van der Waals surface area contributed by atoms with Crippen LogP contribution in [-0.2, 0) is 14.4 Å². The number of para-hydroxylation sites is 2. The van der Waals surface area contributed by atoms with Gasteiger partial charge >= 0.3 is 0 Å². The molecule has 3 unspecified atom stereocenters. The van der Waals surface area contributed by atoms with Crippen molar-refractivity contribution >= 4 is 68.4 Å². The quantitative estimate of drug-likeness (QED) is 0.261. The summed E-state index contributed by atoms with van der Waals surface area (Å²) in [6, 6.07) is 14.0. The van der Waals surface area contributed by atoms with Crippen molar-refractivity contribution in [2.24, 2.45) is 11.8 Å². The molecule has 3 saturated heterocycles. The average molecular weight is 673 g/mol. The number of rotatable bonds is 11. The summed E-state index contributed by atoms with van der Waals surface area (Å²) in [5.41, 5.74) is 2.15. The second-order valence-corrected chi connectivity index (χ2v) is 14.1. The largest absolute Gasteiger partial charge is 0.396 e. The Morgan fingerprint density at radius 2 is 1.81 bits per heavy atom. The van der Waals surface area contributed by atoms with E-state index in [2.05, 4.69) is 29.1 Å². The number of hydrogen-bond donors (Lipinski definition) is 1. The zero-order chi connectivity index (χ0) is 30.2. The molecule has 0 radical (unpaired) electrons. The van der Waals surface area contributed by atoms with Crippen LogP contribution < -0.4 is 9.80 Å². The van der Waals surface area contributed by atoms with Crippen LogP contribution in [-0.4, -0.2) is 74.8 Å². The summed E-state index contributed by atoms with van der Waals surface area (Å²) in [7, 11) is 0. The maximum absolute atomic E-state index is 14.8. The summed E-state index contributed by atoms with van der Waals surface area (Å²) < 4.78 is -0.825. The maximum Gasteiger partial charge on any atom is 0.251 e. The molecule has 2 aromatic rings. The molecule has 0 saturated carbocycles. The van der Waals surface area contributed by atoms with Crippen LogP contribution in [0.1, 0.15) is 18.4 Å². The number of aryl methyl sites for hydroxylation is 1. The van der Waals surface area contributed by atoms with Crippen molar-refractivity contribution < 1.29 is 19.5 Å². The summed E-state index contributed by atoms with van der Waals surface area (Å²) in [6.45, 7) is 10.2. The number of amides is 3. The van der Waals surface area contributed by atoms with Crippen LogP contribution in [0.3, 0.4) is 0 Å². The van der Waals surface area contributed by atoms with E-state index >= 15 is 0 Å². The number of carbonyl (C=O) groups excluding carboxylic acids is 3. The molecule has 5 rings (SSSR count). The molecule has 3 aliphatic rings. The minimum absolute atomic E-state index is 0.0650. The first kappa shape index (κ1) is 30.9. The zero-order valence-electron chi connectivity index (χ0n) is 23.5. The number of anilines is 2. The van der Waals surface area contributed by atoms with E-state index in [1.54, 1.807) is 44.7 Å². The number of thioether (sulfide) groups is 1. The Bertz CT molecular complexity index is 1370. The van der Waals surface area contributed by atoms with Gasteiger partial charge in [0.1, 0.15) is 6.04 Å². The van der Waals surface area contributed by atoms with E-state index in [1.807, 2.05) is 49.4 Å². The van der Waals surface area contributed by atoms with Gasteiger partial charge in [-0.15, -0.1) is 24.9 Å². The van der Waals surface area contributed by atoms with E-state index in [-0.39, 0.29) is 47.5 Å². The number of aliphatic hydroxyl groups excluding tert-OH is 1. The Balaban J connectivity index is 1.60. The van der Waals surface area contributed by atoms with Gasteiger partial charge in [-0.25, -0.2) is 0 Å². The van der Waals surface area contributed by atoms with E-state index < -0.39 is 22.6 Å². The van der Waals surface area contributed by atoms with Gasteiger partial charge in [0.15, 0.2) is 0 Å². The molecule has 222 valence electrons. The predicted molar refractivity (Wildman–Crippen MR) is 173 cm³/mol. The van der Waals surface area contributed by atoms with Crippen molar-refractivity contribution in [3.8, 4) is 0 Å². The standard InChI is InChI=1S/C32H35BrClN3O4S/c1-4-15-35(21-12-7-6-8-13-21)29(39)24-25-30(40)37(17-10-18-38)28(32(25)19-22(33)27(24)42-32)31(41)36(16-5-2)26-20(3)11-9-14-23(26)34/h4-9,11-14,22,24-25,27-28,38H,1-2,10,15-19H2,3H3/t22?,24-,25-,27-,28?,32?/m0/s1. The molecule has 0 aliphatic carbocycles. The number of halogens is 2. The van der Waals surface area contributed by atoms with Gasteiger partial charge in [-0.2, -0.15) is 0 Å². The molecule has 1 spiro atoms. The van der Waals surface area contributed by atoms with Crippen LogP contribution in [0, 0.1) is 18.8 Å². The number of aliphatic hydroxyl groups is 1. The minimum Gasteiger partial charge on any atom is -0.396 e. The van der Waals surface area contributed by atoms with Crippen LogP contribution >= 0.6 is 39.3 Å². The Kier molecular flexibility index (Phi) is 9.23. The normalized spacial score (nSPS) is 27.6. The van der Waals surface area contributed by atoms with Crippen LogP contribution in [0.15, 0.2) is 73.8 Å². The van der Waals surface area contributed by atoms with Gasteiger partial charge in [0.25, 0.3) is 5.91 Å². The lowest BCUT2D eigenvalue weighted by atomic mass is 9.70. The molecule has 3 fully saturated rings. The van der Waals surface area contributed by atoms with Crippen LogP contribution in [0.25, 0.3) is 0 Å². The molecule has 6 atom stereocenters. The second-order valence-electron chi connectivity index (χ2n) is 11.0. The highest BCUT2D eigenvalue weighted by Gasteiger charge is 2.76. The smallest absolute Gasteiger partial charge is 0.251 e. The fraction of sp³-hybridized carbons (Fsp3) is 0.406. The second kappa shape index (κ2) is 12.6. The fourth-order valence-electron chi connectivity index (χ4n) is 6.95. The first-order chi connectivity index (χ1) is 20.2. The topological polar surface area (TPSA) is 81.2 Å². The van der Waals surface area contributed by atoms with E-state index in [0.717, 1.165) is 11.3 Å². The lowest BCUT2D eigenvalue weighted by molar-refractivity contribution is -0.139. The summed E-state index contributed by atoms with van der Waals surface area (Å²) in [5, 5.41) is 9.95. The number of benzene rings is 2. The van der Waals surface area contributed by atoms with Crippen molar-refractivity contribution in [3.63, 3.8) is 0 Å². The molecule has 42 heavy (non-hydrogen) atoms. The highest BCUT2D eigenvalue weighted by atomic mass is 79.9. The number of fused-ring (bicyclic) bond motifs is 1. The third kappa shape index (κ3) is 5.02. The molecule has 7 nitrogen and oxygen atoms in total. The van der Waals surface area contributed by atoms with Crippen molar-refractivity contribution in [2.75, 3.05) is 36.0 Å². The number of hydrogen-bond acceptors (Lipinski definition) is 5. The molecule has 3 heterocycles. The molecule has 2 aromatic carbocycles. The molecular formula is C32H35BrClN3O4S. The number of carbonyl (C=O) groups is 3. The van der Waals surface area contributed by atoms with Gasteiger partial charge in [-0.05, 0) is 43.5 Å². The number of likely N-dealkylation sites (tertiary alicyclic amines) is 1. The van der Waals surface area contributed by atoms with Crippen LogP contribution in [0.4, 0.5) is 11.4 Å². The van der Waals surface area contributed by atoms with Gasteiger partial charge < -0.3 is 19.8 Å². The van der Waals surface area contributed by atoms with E-state index in [4.69, 9.17) is 11.6 Å². The summed E-state index contributed by atoms with van der Waals surface area (Å²) in [6.07, 6.45) is 4.21. The molecule has 1 N–H and O–H groups in total. The minimum atomic E-state index is -0.838. The molecule has 3 aliphatic heterocycles. The molecular weight excluding hydrogens is 638 g/mol. The first-order valence-corrected chi connectivity index (χ1v) is 16.3. The lowest BCUT2D eigenvalue weighted by Gasteiger charge is -2.39. The van der Waals surface area contributed by atoms with Gasteiger partial charge in [-0.3, -0.25) is 14.4 Å². The SMILES string of the molecule is C=CCN(C(=O)[C@H]1[C@H]2C(=O)N(CCCO)C(C(=O)N(CC=C)c3c(C)cccc3Cl)C23CC(Br)[C@@H]1S3)c1ccccc1. The third-order valence-electron chi connectivity index (χ3n) is 8.55. The van der Waals surface area contributed by atoms with Gasteiger partial charge in [0, 0.05) is 42.0 Å². The van der Waals surface area contributed by atoms with Crippen molar-refractivity contribution in [2.45, 2.75) is 40.6 Å². The lowest BCUT2D eigenvalue weighted by Crippen LogP contribution is -2.56. The number of alkyl halides is 1. The highest BCUT2D eigenvalue weighted by Crippen LogP contribution is 2.68. The van der Waals surface area contributed by atoms with E-state index in [0.29, 0.717) is 30.1 Å². The van der Waals surface area contributed by atoms with Crippen molar-refractivity contribution in [3.05, 3.63) is 84.4 Å². The van der Waals surface area contributed by atoms with Gasteiger partial charge in [-0.1, -0.05) is 70.0 Å². The number of nitrogens with zero attached hydrogens (tertiary/aromatic N) is 3. The maximum atomic E-state index is 14.8. The summed E-state index contributed by atoms with van der Waals surface area (Å²) in [4.78, 5) is 48.4. The summed E-state index contributed by atoms with van der Waals surface area (Å²) >= 11 is 12.1. The molecule has 10 heteroatoms. The average Bonchev–Trinajstić information content (AvgIpc) is 3.57. The molecule has 3 amide bonds. The Labute approximate surface area is 264 Å². The van der Waals surface area contributed by atoms with Crippen LogP contribution in [0.2, 0.25) is 5.02 Å². The molecule has 0 aromatic heterocycles. The van der Waals surface area contributed by atoms with E-state index in [9.17, 15) is 19.5 Å². The molecule has 2 bridgehead atoms. The van der Waals surface area contributed by atoms with Gasteiger partial charge in [0.2, 0.25) is 11.8 Å².